The zero-order valence-corrected chi connectivity index (χ0v) is 14.5. The molecule has 2 aromatic rings. The van der Waals surface area contributed by atoms with Gasteiger partial charge in [-0.3, -0.25) is 19.7 Å². The number of hydrogen-bond acceptors (Lipinski definition) is 3. The zero-order valence-electron chi connectivity index (χ0n) is 14.5. The number of halogens is 2. The van der Waals surface area contributed by atoms with E-state index in [9.17, 15) is 18.4 Å². The summed E-state index contributed by atoms with van der Waals surface area (Å²) < 4.78 is 27.5. The lowest BCUT2D eigenvalue weighted by Gasteiger charge is -2.24. The standard InChI is InChI=1S/C18H19F2N5O2/c1-21-10-5-7-11(8-6-10)23-18(27)16-14(9-22-25-16)24-17(26)15-12(19)3-2-4-13(15)20/h2-4,9-11H,1,5-8H2,(H,22,25)(H,23,27)(H,24,26)/p+1. The second-order valence-electron chi connectivity index (χ2n) is 6.44. The molecule has 0 bridgehead atoms. The summed E-state index contributed by atoms with van der Waals surface area (Å²) in [5.74, 6) is -3.42. The number of aromatic amines is 1. The van der Waals surface area contributed by atoms with E-state index in [2.05, 4.69) is 32.5 Å². The third-order valence-corrected chi connectivity index (χ3v) is 4.66. The minimum absolute atomic E-state index is 0.00189. The number of rotatable bonds is 5. The molecule has 9 heteroatoms. The van der Waals surface area contributed by atoms with Crippen molar-refractivity contribution < 1.29 is 23.4 Å². The number of amides is 2. The van der Waals surface area contributed by atoms with Crippen LogP contribution in [0.4, 0.5) is 14.5 Å². The van der Waals surface area contributed by atoms with Gasteiger partial charge in [-0.05, 0) is 25.0 Å². The van der Waals surface area contributed by atoms with Crippen molar-refractivity contribution in [3.8, 4) is 0 Å². The quantitative estimate of drug-likeness (QED) is 0.580. The normalized spacial score (nSPS) is 19.3. The van der Waals surface area contributed by atoms with Gasteiger partial charge >= 0.3 is 0 Å². The molecule has 1 fully saturated rings. The lowest BCUT2D eigenvalue weighted by molar-refractivity contribution is -0.498. The monoisotopic (exact) mass is 376 g/mol. The smallest absolute Gasteiger partial charge is 0.271 e. The lowest BCUT2D eigenvalue weighted by atomic mass is 9.91. The minimum Gasteiger partial charge on any atom is -0.348 e. The Labute approximate surface area is 154 Å². The van der Waals surface area contributed by atoms with E-state index in [1.165, 1.54) is 6.20 Å². The fourth-order valence-corrected chi connectivity index (χ4v) is 3.15. The van der Waals surface area contributed by atoms with E-state index in [0.717, 1.165) is 43.9 Å². The maximum atomic E-state index is 13.7. The molecule has 7 nitrogen and oxygen atoms in total. The van der Waals surface area contributed by atoms with E-state index in [4.69, 9.17) is 0 Å². The van der Waals surface area contributed by atoms with Crippen molar-refractivity contribution in [3.63, 3.8) is 0 Å². The van der Waals surface area contributed by atoms with Crippen LogP contribution in [0, 0.1) is 11.6 Å². The number of carbonyl (C=O) groups is 2. The van der Waals surface area contributed by atoms with E-state index in [-0.39, 0.29) is 17.4 Å². The Morgan fingerprint density at radius 1 is 1.15 bits per heavy atom. The maximum Gasteiger partial charge on any atom is 0.271 e. The van der Waals surface area contributed by atoms with Crippen LogP contribution in [-0.4, -0.2) is 40.8 Å². The molecule has 0 aliphatic heterocycles. The Bertz CT molecular complexity index is 839. The molecule has 0 spiro atoms. The summed E-state index contributed by atoms with van der Waals surface area (Å²) >= 11 is 0. The average Bonchev–Trinajstić information content (AvgIpc) is 3.10. The predicted molar refractivity (Wildman–Crippen MR) is 94.5 cm³/mol. The number of benzene rings is 1. The highest BCUT2D eigenvalue weighted by molar-refractivity contribution is 6.08. The van der Waals surface area contributed by atoms with Crippen LogP contribution in [-0.2, 0) is 0 Å². The summed E-state index contributed by atoms with van der Waals surface area (Å²) in [4.78, 5) is 27.7. The SMILES string of the molecule is C=[NH+]C1CCC(NC(=O)c2[nH]ncc2NC(=O)c2c(F)cccc2F)CC1. The number of nitrogens with one attached hydrogen (secondary N) is 4. The fraction of sp³-hybridized carbons (Fsp3) is 0.333. The topological polar surface area (TPSA) is 101 Å². The first-order valence-electron chi connectivity index (χ1n) is 8.61. The number of nitrogens with zero attached hydrogens (tertiary/aromatic N) is 1. The van der Waals surface area contributed by atoms with Crippen molar-refractivity contribution in [2.45, 2.75) is 37.8 Å². The molecule has 4 N–H and O–H groups in total. The Balaban J connectivity index is 1.68. The molecular formula is C18H20F2N5O2+. The minimum atomic E-state index is -0.997. The van der Waals surface area contributed by atoms with E-state index < -0.39 is 29.0 Å². The van der Waals surface area contributed by atoms with Crippen molar-refractivity contribution in [1.29, 1.82) is 0 Å². The second-order valence-corrected chi connectivity index (χ2v) is 6.44. The summed E-state index contributed by atoms with van der Waals surface area (Å²) in [5.41, 5.74) is -0.644. The average molecular weight is 376 g/mol. The molecule has 0 radical (unpaired) electrons. The van der Waals surface area contributed by atoms with Gasteiger partial charge in [0, 0.05) is 18.9 Å². The highest BCUT2D eigenvalue weighted by Gasteiger charge is 2.26. The van der Waals surface area contributed by atoms with E-state index in [0.29, 0.717) is 6.04 Å². The number of carbonyl (C=O) groups excluding carboxylic acids is 2. The first-order chi connectivity index (χ1) is 13.0. The molecule has 142 valence electrons. The van der Waals surface area contributed by atoms with Crippen LogP contribution < -0.4 is 15.6 Å². The summed E-state index contributed by atoms with van der Waals surface area (Å²) in [5, 5.41) is 11.5. The first-order valence-corrected chi connectivity index (χ1v) is 8.61. The van der Waals surface area contributed by atoms with Crippen LogP contribution in [0.15, 0.2) is 24.4 Å². The Morgan fingerprint density at radius 3 is 2.44 bits per heavy atom. The first kappa shape index (κ1) is 18.7. The second kappa shape index (κ2) is 8.07. The molecule has 0 unspecified atom stereocenters. The molecular weight excluding hydrogens is 356 g/mol. The molecule has 2 amide bonds. The molecule has 1 aliphatic carbocycles. The number of hydrogen-bond donors (Lipinski definition) is 4. The van der Waals surface area contributed by atoms with Gasteiger partial charge in [-0.25, -0.2) is 8.78 Å². The van der Waals surface area contributed by atoms with E-state index >= 15 is 0 Å². The van der Waals surface area contributed by atoms with Crippen molar-refractivity contribution in [1.82, 2.24) is 15.5 Å². The Hall–Kier alpha value is -3.10. The summed E-state index contributed by atoms with van der Waals surface area (Å²) in [6.45, 7) is 3.67. The summed E-state index contributed by atoms with van der Waals surface area (Å²) in [6.07, 6.45) is 4.61. The highest BCUT2D eigenvalue weighted by atomic mass is 19.1. The van der Waals surface area contributed by atoms with Crippen molar-refractivity contribution in [2.24, 2.45) is 0 Å². The molecule has 1 heterocycles. The lowest BCUT2D eigenvalue weighted by Crippen LogP contribution is -2.74. The molecule has 0 atom stereocenters. The Morgan fingerprint density at radius 2 is 1.81 bits per heavy atom. The van der Waals surface area contributed by atoms with Gasteiger partial charge in [-0.2, -0.15) is 5.10 Å². The third kappa shape index (κ3) is 4.18. The van der Waals surface area contributed by atoms with Crippen LogP contribution >= 0.6 is 0 Å². The van der Waals surface area contributed by atoms with Gasteiger partial charge < -0.3 is 10.6 Å². The van der Waals surface area contributed by atoms with Crippen LogP contribution in [0.2, 0.25) is 0 Å². The van der Waals surface area contributed by atoms with Crippen molar-refractivity contribution in [3.05, 3.63) is 47.3 Å². The van der Waals surface area contributed by atoms with E-state index in [1.54, 1.807) is 0 Å². The number of H-pyrrole nitrogens is 1. The highest BCUT2D eigenvalue weighted by Crippen LogP contribution is 2.19. The van der Waals surface area contributed by atoms with Gasteiger partial charge in [0.25, 0.3) is 11.8 Å². The van der Waals surface area contributed by atoms with Gasteiger partial charge in [-0.15, -0.1) is 0 Å². The predicted octanol–water partition coefficient (Wildman–Crippen LogP) is 0.762. The van der Waals surface area contributed by atoms with Gasteiger partial charge in [0.1, 0.15) is 35.7 Å². The maximum absolute atomic E-state index is 13.7. The number of anilines is 1. The van der Waals surface area contributed by atoms with Gasteiger partial charge in [-0.1, -0.05) is 6.07 Å². The molecule has 27 heavy (non-hydrogen) atoms. The summed E-state index contributed by atoms with van der Waals surface area (Å²) in [6, 6.07) is 3.47. The van der Waals surface area contributed by atoms with Crippen molar-refractivity contribution >= 4 is 24.2 Å². The van der Waals surface area contributed by atoms with E-state index in [1.807, 2.05) is 0 Å². The van der Waals surface area contributed by atoms with Crippen LogP contribution in [0.5, 0.6) is 0 Å². The van der Waals surface area contributed by atoms with Gasteiger partial charge in [0.2, 0.25) is 0 Å². The van der Waals surface area contributed by atoms with Gasteiger partial charge in [0.15, 0.2) is 0 Å². The third-order valence-electron chi connectivity index (χ3n) is 4.66. The van der Waals surface area contributed by atoms with Crippen molar-refractivity contribution in [2.75, 3.05) is 5.32 Å². The fourth-order valence-electron chi connectivity index (χ4n) is 3.15. The molecule has 1 saturated carbocycles. The number of aromatic nitrogens is 2. The molecule has 0 saturated heterocycles. The van der Waals surface area contributed by atoms with Crippen LogP contribution in [0.3, 0.4) is 0 Å². The summed E-state index contributed by atoms with van der Waals surface area (Å²) in [7, 11) is 0. The zero-order chi connectivity index (χ0) is 19.4. The van der Waals surface area contributed by atoms with Crippen LogP contribution in [0.1, 0.15) is 46.5 Å². The Kier molecular flexibility index (Phi) is 5.58. The molecule has 3 rings (SSSR count). The largest absolute Gasteiger partial charge is 0.348 e. The molecule has 1 aromatic heterocycles. The molecule has 1 aliphatic rings. The van der Waals surface area contributed by atoms with Gasteiger partial charge in [0.05, 0.1) is 11.9 Å². The van der Waals surface area contributed by atoms with Crippen LogP contribution in [0.25, 0.3) is 0 Å². The molecule has 1 aromatic carbocycles.